The summed E-state index contributed by atoms with van der Waals surface area (Å²) in [4.78, 5) is 24.9. The quantitative estimate of drug-likeness (QED) is 0.222. The second-order valence-corrected chi connectivity index (χ2v) is 9.07. The van der Waals surface area contributed by atoms with Crippen molar-refractivity contribution in [3.8, 4) is 28.2 Å². The van der Waals surface area contributed by atoms with E-state index in [-0.39, 0.29) is 16.7 Å². The summed E-state index contributed by atoms with van der Waals surface area (Å²) in [6.45, 7) is 1.20. The molecule has 0 radical (unpaired) electrons. The monoisotopic (exact) mass is 507 g/mol. The van der Waals surface area contributed by atoms with E-state index in [2.05, 4.69) is 5.32 Å². The van der Waals surface area contributed by atoms with Crippen molar-refractivity contribution in [1.29, 1.82) is 0 Å². The zero-order chi connectivity index (χ0) is 26.4. The number of aliphatic hydroxyl groups is 4. The molecule has 0 aromatic heterocycles. The van der Waals surface area contributed by atoms with Gasteiger partial charge in [-0.2, -0.15) is 0 Å². The maximum absolute atomic E-state index is 13.0. The van der Waals surface area contributed by atoms with Crippen molar-refractivity contribution in [3.63, 3.8) is 0 Å². The van der Waals surface area contributed by atoms with Crippen LogP contribution < -0.4 is 10.7 Å². The maximum atomic E-state index is 13.0. The summed E-state index contributed by atoms with van der Waals surface area (Å²) < 4.78 is 11.0. The number of aromatic hydroxyl groups is 1. The van der Waals surface area contributed by atoms with Crippen molar-refractivity contribution in [3.05, 3.63) is 75.9 Å². The average molecular weight is 507 g/mol. The molecular weight excluding hydrogens is 482 g/mol. The lowest BCUT2D eigenvalue weighted by atomic mass is 9.90. The number of hydrogen-bond acceptors (Lipinski definition) is 9. The summed E-state index contributed by atoms with van der Waals surface area (Å²) in [5.74, 6) is -0.258. The van der Waals surface area contributed by atoms with E-state index in [1.165, 1.54) is 24.3 Å². The molecule has 5 rings (SSSR count). The number of rotatable bonds is 4. The molecule has 2 aromatic rings. The Balaban J connectivity index is 1.52. The van der Waals surface area contributed by atoms with E-state index in [4.69, 9.17) is 9.15 Å². The Morgan fingerprint density at radius 2 is 1.73 bits per heavy atom. The van der Waals surface area contributed by atoms with Crippen LogP contribution in [-0.2, 0) is 4.74 Å². The first kappa shape index (κ1) is 24.9. The highest BCUT2D eigenvalue weighted by molar-refractivity contribution is 6.03. The number of amides is 1. The van der Waals surface area contributed by atoms with Gasteiger partial charge in [-0.1, -0.05) is 6.07 Å². The van der Waals surface area contributed by atoms with Crippen molar-refractivity contribution in [2.45, 2.75) is 37.6 Å². The van der Waals surface area contributed by atoms with Crippen molar-refractivity contribution in [2.24, 2.45) is 0 Å². The zero-order valence-electron chi connectivity index (χ0n) is 19.7. The van der Waals surface area contributed by atoms with Gasteiger partial charge in [-0.05, 0) is 54.4 Å². The SMILES string of the molecule is Cc1cc(C(=O)N[C@H]2C(O)O[C@H](CO)[C@@H](O)[C@@H]2O)ccc1-c1c2ccc(=O)cc-2oc2cc(O)ccc12. The van der Waals surface area contributed by atoms with Gasteiger partial charge in [0.15, 0.2) is 11.7 Å². The van der Waals surface area contributed by atoms with Crippen LogP contribution in [0.5, 0.6) is 5.75 Å². The summed E-state index contributed by atoms with van der Waals surface area (Å²) in [6, 6.07) is 12.8. The molecule has 0 bridgehead atoms. The van der Waals surface area contributed by atoms with E-state index >= 15 is 0 Å². The lowest BCUT2D eigenvalue weighted by Gasteiger charge is -2.40. The van der Waals surface area contributed by atoms with Crippen LogP contribution in [0.25, 0.3) is 33.4 Å². The van der Waals surface area contributed by atoms with E-state index in [1.54, 1.807) is 37.3 Å². The lowest BCUT2D eigenvalue weighted by Crippen LogP contribution is -2.64. The Kier molecular flexibility index (Phi) is 6.44. The van der Waals surface area contributed by atoms with Crippen LogP contribution in [0.4, 0.5) is 0 Å². The standard InChI is InChI=1S/C27H25NO9/c1-12-8-13(26(34)28-23-25(33)24(32)21(11-29)37-27(23)35)2-5-16(12)22-17-6-3-14(30)9-19(17)36-20-10-15(31)4-7-18(20)22/h2-10,21,23-25,27,29-30,32-33,35H,11H2,1H3,(H,28,34)/t21-,23-,24-,25-,27?/m1/s1. The number of carbonyl (C=O) groups is 1. The number of phenols is 1. The molecule has 2 aromatic carbocycles. The van der Waals surface area contributed by atoms with Gasteiger partial charge in [0.2, 0.25) is 0 Å². The Bertz CT molecular complexity index is 1510. The number of ether oxygens (including phenoxy) is 1. The highest BCUT2D eigenvalue weighted by Crippen LogP contribution is 2.41. The number of fused-ring (bicyclic) bond motifs is 2. The minimum Gasteiger partial charge on any atom is -0.508 e. The van der Waals surface area contributed by atoms with Crippen molar-refractivity contribution in [2.75, 3.05) is 6.61 Å². The molecule has 1 fully saturated rings. The van der Waals surface area contributed by atoms with E-state index < -0.39 is 43.2 Å². The van der Waals surface area contributed by atoms with Crippen molar-refractivity contribution >= 4 is 16.9 Å². The van der Waals surface area contributed by atoms with Crippen molar-refractivity contribution in [1.82, 2.24) is 5.32 Å². The molecule has 2 heterocycles. The van der Waals surface area contributed by atoms with Crippen LogP contribution in [0.1, 0.15) is 15.9 Å². The number of hydrogen-bond donors (Lipinski definition) is 6. The fraction of sp³-hybridized carbons (Fsp3) is 0.259. The Morgan fingerprint density at radius 1 is 0.973 bits per heavy atom. The second-order valence-electron chi connectivity index (χ2n) is 9.07. The van der Waals surface area contributed by atoms with Gasteiger partial charge in [-0.15, -0.1) is 0 Å². The van der Waals surface area contributed by atoms with Gasteiger partial charge >= 0.3 is 0 Å². The number of aliphatic hydroxyl groups excluding tert-OH is 4. The largest absolute Gasteiger partial charge is 0.508 e. The van der Waals surface area contributed by atoms with Crippen molar-refractivity contribution < 1.29 is 39.5 Å². The summed E-state index contributed by atoms with van der Waals surface area (Å²) in [6.07, 6.45) is -5.87. The number of aryl methyl sites for hydroxylation is 1. The Morgan fingerprint density at radius 3 is 2.46 bits per heavy atom. The van der Waals surface area contributed by atoms with Gasteiger partial charge in [-0.25, -0.2) is 0 Å². The maximum Gasteiger partial charge on any atom is 0.251 e. The van der Waals surface area contributed by atoms with Crippen LogP contribution in [0.2, 0.25) is 0 Å². The van der Waals surface area contributed by atoms with E-state index in [9.17, 15) is 35.1 Å². The van der Waals surface area contributed by atoms with Gasteiger partial charge in [0.05, 0.1) is 6.61 Å². The number of carbonyl (C=O) groups excluding carboxylic acids is 1. The fourth-order valence-corrected chi connectivity index (χ4v) is 4.72. The third kappa shape index (κ3) is 4.45. The van der Waals surface area contributed by atoms with Gasteiger partial charge in [0.1, 0.15) is 41.4 Å². The Hall–Kier alpha value is -3.80. The van der Waals surface area contributed by atoms with Crippen LogP contribution >= 0.6 is 0 Å². The molecule has 37 heavy (non-hydrogen) atoms. The van der Waals surface area contributed by atoms with Crippen LogP contribution in [0.3, 0.4) is 0 Å². The van der Waals surface area contributed by atoms with E-state index in [0.29, 0.717) is 27.9 Å². The van der Waals surface area contributed by atoms with E-state index in [0.717, 1.165) is 11.1 Å². The molecule has 1 amide bonds. The minimum absolute atomic E-state index is 0.00932. The Labute approximate surface area is 210 Å². The third-order valence-corrected chi connectivity index (χ3v) is 6.63. The molecule has 10 heteroatoms. The number of nitrogens with one attached hydrogen (secondary N) is 1. The topological polar surface area (TPSA) is 170 Å². The van der Waals surface area contributed by atoms with Crippen LogP contribution in [0.15, 0.2) is 63.8 Å². The normalized spacial score (nSPS) is 23.9. The molecule has 0 saturated carbocycles. The van der Waals surface area contributed by atoms with Gasteiger partial charge in [0.25, 0.3) is 5.91 Å². The molecule has 0 spiro atoms. The third-order valence-electron chi connectivity index (χ3n) is 6.63. The predicted octanol–water partition coefficient (Wildman–Crippen LogP) is 1.11. The molecule has 1 unspecified atom stereocenters. The molecule has 192 valence electrons. The fourth-order valence-electron chi connectivity index (χ4n) is 4.72. The van der Waals surface area contributed by atoms with Crippen LogP contribution in [0, 0.1) is 6.92 Å². The number of phenolic OH excluding ortho intramolecular Hbond substituents is 1. The predicted molar refractivity (Wildman–Crippen MR) is 132 cm³/mol. The van der Waals surface area contributed by atoms with Gasteiger partial charge < -0.3 is 40.0 Å². The first-order valence-corrected chi connectivity index (χ1v) is 11.6. The average Bonchev–Trinajstić information content (AvgIpc) is 2.87. The highest BCUT2D eigenvalue weighted by atomic mass is 16.6. The zero-order valence-corrected chi connectivity index (χ0v) is 19.7. The molecule has 2 aliphatic heterocycles. The summed E-state index contributed by atoms with van der Waals surface area (Å²) >= 11 is 0. The molecule has 10 nitrogen and oxygen atoms in total. The first-order valence-electron chi connectivity index (χ1n) is 11.6. The molecule has 3 aliphatic rings. The highest BCUT2D eigenvalue weighted by Gasteiger charge is 2.44. The van der Waals surface area contributed by atoms with Gasteiger partial charge in [0, 0.05) is 34.2 Å². The van der Waals surface area contributed by atoms with E-state index in [1.807, 2.05) is 0 Å². The molecule has 1 aliphatic carbocycles. The minimum atomic E-state index is -1.63. The first-order chi connectivity index (χ1) is 17.7. The number of benzene rings is 3. The summed E-state index contributed by atoms with van der Waals surface area (Å²) in [5.41, 5.74) is 3.29. The molecule has 5 atom stereocenters. The van der Waals surface area contributed by atoms with Crippen LogP contribution in [-0.4, -0.2) is 68.7 Å². The lowest BCUT2D eigenvalue weighted by molar-refractivity contribution is -0.252. The smallest absolute Gasteiger partial charge is 0.251 e. The molecule has 6 N–H and O–H groups in total. The van der Waals surface area contributed by atoms with Gasteiger partial charge in [-0.3, -0.25) is 9.59 Å². The summed E-state index contributed by atoms with van der Waals surface area (Å²) in [7, 11) is 0. The second kappa shape index (κ2) is 9.58. The molecule has 1 saturated heterocycles. The summed E-state index contributed by atoms with van der Waals surface area (Å²) in [5, 5.41) is 52.9. The molecular formula is C27H25NO9.